The number of aromatic nitrogens is 2. The standard InChI is InChI=1S/C19H23N3O3/c1-12(2)17-20-16-11-22(8-7-15(16)18(23)21-17)10-13-5-4-6-14(9-13)19(24)25-3/h4-6,9,12H,7-8,10-11H2,1-3H3,(H,20,21,23). The molecule has 6 nitrogen and oxygen atoms in total. The van der Waals surface area contributed by atoms with Gasteiger partial charge in [0.25, 0.3) is 5.56 Å². The topological polar surface area (TPSA) is 75.3 Å². The maximum absolute atomic E-state index is 12.2. The fourth-order valence-corrected chi connectivity index (χ4v) is 3.09. The molecule has 0 saturated heterocycles. The van der Waals surface area contributed by atoms with E-state index < -0.39 is 0 Å². The number of carbonyl (C=O) groups is 1. The number of H-pyrrole nitrogens is 1. The molecule has 0 atom stereocenters. The van der Waals surface area contributed by atoms with Gasteiger partial charge in [-0.1, -0.05) is 26.0 Å². The number of nitrogens with one attached hydrogen (secondary N) is 1. The molecule has 0 amide bonds. The molecule has 1 aromatic carbocycles. The molecule has 6 heteroatoms. The van der Waals surface area contributed by atoms with Crippen molar-refractivity contribution in [2.24, 2.45) is 0 Å². The zero-order chi connectivity index (χ0) is 18.0. The van der Waals surface area contributed by atoms with Crippen LogP contribution in [0.25, 0.3) is 0 Å². The highest BCUT2D eigenvalue weighted by atomic mass is 16.5. The minimum Gasteiger partial charge on any atom is -0.465 e. The Morgan fingerprint density at radius 2 is 2.20 bits per heavy atom. The average molecular weight is 341 g/mol. The van der Waals surface area contributed by atoms with Gasteiger partial charge in [-0.15, -0.1) is 0 Å². The van der Waals surface area contributed by atoms with Crippen LogP contribution in [0.3, 0.4) is 0 Å². The molecule has 132 valence electrons. The number of esters is 1. The van der Waals surface area contributed by atoms with E-state index in [1.165, 1.54) is 7.11 Å². The molecule has 3 rings (SSSR count). The third kappa shape index (κ3) is 3.79. The molecule has 0 spiro atoms. The summed E-state index contributed by atoms with van der Waals surface area (Å²) >= 11 is 0. The lowest BCUT2D eigenvalue weighted by molar-refractivity contribution is 0.0600. The van der Waals surface area contributed by atoms with Crippen LogP contribution >= 0.6 is 0 Å². The van der Waals surface area contributed by atoms with E-state index >= 15 is 0 Å². The zero-order valence-electron chi connectivity index (χ0n) is 14.8. The molecular weight excluding hydrogens is 318 g/mol. The van der Waals surface area contributed by atoms with Crippen molar-refractivity contribution in [1.82, 2.24) is 14.9 Å². The minimum absolute atomic E-state index is 0.0129. The molecule has 2 heterocycles. The molecule has 0 bridgehead atoms. The second-order valence-corrected chi connectivity index (χ2v) is 6.68. The molecule has 1 aliphatic rings. The molecule has 0 fully saturated rings. The number of benzene rings is 1. The smallest absolute Gasteiger partial charge is 0.337 e. The highest BCUT2D eigenvalue weighted by molar-refractivity contribution is 5.89. The molecule has 1 N–H and O–H groups in total. The predicted molar refractivity (Wildman–Crippen MR) is 94.5 cm³/mol. The summed E-state index contributed by atoms with van der Waals surface area (Å²) in [6.07, 6.45) is 0.687. The van der Waals surface area contributed by atoms with Crippen LogP contribution in [0, 0.1) is 0 Å². The number of fused-ring (bicyclic) bond motifs is 1. The highest BCUT2D eigenvalue weighted by Gasteiger charge is 2.22. The first-order valence-corrected chi connectivity index (χ1v) is 8.49. The van der Waals surface area contributed by atoms with Crippen molar-refractivity contribution in [3.05, 3.63) is 62.8 Å². The summed E-state index contributed by atoms with van der Waals surface area (Å²) in [5, 5.41) is 0. The van der Waals surface area contributed by atoms with Crippen LogP contribution in [0.4, 0.5) is 0 Å². The number of aromatic amines is 1. The summed E-state index contributed by atoms with van der Waals surface area (Å²) in [4.78, 5) is 33.7. The van der Waals surface area contributed by atoms with Crippen molar-refractivity contribution in [1.29, 1.82) is 0 Å². The Bertz CT molecular complexity index is 842. The summed E-state index contributed by atoms with van der Waals surface area (Å²) in [6, 6.07) is 7.45. The fraction of sp³-hybridized carbons (Fsp3) is 0.421. The van der Waals surface area contributed by atoms with Gasteiger partial charge in [-0.2, -0.15) is 0 Å². The third-order valence-corrected chi connectivity index (χ3v) is 4.47. The van der Waals surface area contributed by atoms with Crippen LogP contribution in [0.15, 0.2) is 29.1 Å². The monoisotopic (exact) mass is 341 g/mol. The molecule has 0 aliphatic carbocycles. The van der Waals surface area contributed by atoms with Gasteiger partial charge in [0.2, 0.25) is 0 Å². The van der Waals surface area contributed by atoms with Gasteiger partial charge >= 0.3 is 5.97 Å². The van der Waals surface area contributed by atoms with Gasteiger partial charge in [-0.25, -0.2) is 9.78 Å². The molecule has 0 radical (unpaired) electrons. The van der Waals surface area contributed by atoms with Crippen LogP contribution in [0.2, 0.25) is 0 Å². The Morgan fingerprint density at radius 1 is 1.40 bits per heavy atom. The highest BCUT2D eigenvalue weighted by Crippen LogP contribution is 2.19. The van der Waals surface area contributed by atoms with Crippen LogP contribution < -0.4 is 5.56 Å². The van der Waals surface area contributed by atoms with Crippen molar-refractivity contribution in [3.63, 3.8) is 0 Å². The summed E-state index contributed by atoms with van der Waals surface area (Å²) in [7, 11) is 1.38. The molecular formula is C19H23N3O3. The van der Waals surface area contributed by atoms with E-state index in [2.05, 4.69) is 14.9 Å². The van der Waals surface area contributed by atoms with Gasteiger partial charge in [-0.3, -0.25) is 9.69 Å². The van der Waals surface area contributed by atoms with E-state index in [1.54, 1.807) is 6.07 Å². The second-order valence-electron chi connectivity index (χ2n) is 6.68. The number of methoxy groups -OCH3 is 1. The second kappa shape index (κ2) is 7.19. The van der Waals surface area contributed by atoms with Crippen molar-refractivity contribution in [3.8, 4) is 0 Å². The van der Waals surface area contributed by atoms with Gasteiger partial charge < -0.3 is 9.72 Å². The summed E-state index contributed by atoms with van der Waals surface area (Å²) in [5.74, 6) is 0.587. The quantitative estimate of drug-likeness (QED) is 0.863. The summed E-state index contributed by atoms with van der Waals surface area (Å²) in [5.41, 5.74) is 3.24. The van der Waals surface area contributed by atoms with Crippen molar-refractivity contribution >= 4 is 5.97 Å². The first-order chi connectivity index (χ1) is 12.0. The minimum atomic E-state index is -0.333. The molecule has 25 heavy (non-hydrogen) atoms. The van der Waals surface area contributed by atoms with Crippen LogP contribution in [0.1, 0.15) is 52.8 Å². The number of rotatable bonds is 4. The van der Waals surface area contributed by atoms with Gasteiger partial charge in [0, 0.05) is 31.1 Å². The maximum Gasteiger partial charge on any atom is 0.337 e. The van der Waals surface area contributed by atoms with E-state index in [0.717, 1.165) is 29.2 Å². The van der Waals surface area contributed by atoms with E-state index in [1.807, 2.05) is 32.0 Å². The number of hydrogen-bond acceptors (Lipinski definition) is 5. The first-order valence-electron chi connectivity index (χ1n) is 8.49. The maximum atomic E-state index is 12.2. The largest absolute Gasteiger partial charge is 0.465 e. The van der Waals surface area contributed by atoms with Gasteiger partial charge in [-0.05, 0) is 24.1 Å². The van der Waals surface area contributed by atoms with Crippen molar-refractivity contribution < 1.29 is 9.53 Å². The number of nitrogens with zero attached hydrogens (tertiary/aromatic N) is 2. The lowest BCUT2D eigenvalue weighted by Gasteiger charge is -2.28. The molecule has 0 unspecified atom stereocenters. The van der Waals surface area contributed by atoms with E-state index in [4.69, 9.17) is 4.74 Å². The van der Waals surface area contributed by atoms with Gasteiger partial charge in [0.1, 0.15) is 5.82 Å². The van der Waals surface area contributed by atoms with Crippen molar-refractivity contribution in [2.75, 3.05) is 13.7 Å². The Hall–Kier alpha value is -2.47. The molecule has 1 aliphatic heterocycles. The average Bonchev–Trinajstić information content (AvgIpc) is 2.60. The number of hydrogen-bond donors (Lipinski definition) is 1. The van der Waals surface area contributed by atoms with Crippen LogP contribution in [-0.2, 0) is 24.2 Å². The Kier molecular flexibility index (Phi) is 4.99. The third-order valence-electron chi connectivity index (χ3n) is 4.47. The summed E-state index contributed by atoms with van der Waals surface area (Å²) < 4.78 is 4.78. The van der Waals surface area contributed by atoms with E-state index in [0.29, 0.717) is 25.1 Å². The normalized spacial score (nSPS) is 14.4. The zero-order valence-corrected chi connectivity index (χ0v) is 14.8. The summed E-state index contributed by atoms with van der Waals surface area (Å²) in [6.45, 7) is 6.17. The SMILES string of the molecule is COC(=O)c1cccc(CN2CCc3c(nc(C(C)C)[nH]c3=O)C2)c1. The van der Waals surface area contributed by atoms with Gasteiger partial charge in [0.05, 0.1) is 18.4 Å². The number of carbonyl (C=O) groups excluding carboxylic acids is 1. The van der Waals surface area contributed by atoms with E-state index in [9.17, 15) is 9.59 Å². The predicted octanol–water partition coefficient (Wildman–Crippen LogP) is 2.24. The Morgan fingerprint density at radius 3 is 2.92 bits per heavy atom. The van der Waals surface area contributed by atoms with Gasteiger partial charge in [0.15, 0.2) is 0 Å². The molecule has 1 aromatic heterocycles. The van der Waals surface area contributed by atoms with Crippen molar-refractivity contribution in [2.45, 2.75) is 39.3 Å². The lowest BCUT2D eigenvalue weighted by atomic mass is 10.0. The Balaban J connectivity index is 1.79. The van der Waals surface area contributed by atoms with Crippen LogP contribution in [-0.4, -0.2) is 34.5 Å². The number of ether oxygens (including phenoxy) is 1. The Labute approximate surface area is 146 Å². The van der Waals surface area contributed by atoms with Crippen LogP contribution in [0.5, 0.6) is 0 Å². The van der Waals surface area contributed by atoms with E-state index in [-0.39, 0.29) is 17.4 Å². The molecule has 2 aromatic rings. The first kappa shape index (κ1) is 17.4. The molecule has 0 saturated carbocycles. The fourth-order valence-electron chi connectivity index (χ4n) is 3.09. The lowest BCUT2D eigenvalue weighted by Crippen LogP contribution is -2.35.